The van der Waals surface area contributed by atoms with Gasteiger partial charge in [-0.05, 0) is 33.9 Å². The minimum Gasteiger partial charge on any atom is -0.324 e. The number of likely N-dealkylation sites (N-methyl/N-ethyl adjacent to an activating group) is 1. The van der Waals surface area contributed by atoms with Crippen molar-refractivity contribution < 1.29 is 9.59 Å². The fourth-order valence-electron chi connectivity index (χ4n) is 2.48. The van der Waals surface area contributed by atoms with E-state index in [0.717, 1.165) is 26.1 Å². The van der Waals surface area contributed by atoms with E-state index in [4.69, 9.17) is 0 Å². The largest absolute Gasteiger partial charge is 0.325 e. The third kappa shape index (κ3) is 2.49. The van der Waals surface area contributed by atoms with Crippen molar-refractivity contribution in [3.63, 3.8) is 0 Å². The molecule has 2 fully saturated rings. The lowest BCUT2D eigenvalue weighted by molar-refractivity contribution is -0.130. The molecule has 0 radical (unpaired) electrons. The van der Waals surface area contributed by atoms with Crippen LogP contribution >= 0.6 is 0 Å². The van der Waals surface area contributed by atoms with Crippen LogP contribution in [0.5, 0.6) is 0 Å². The number of carbonyl (C=O) groups is 2. The molecule has 0 bridgehead atoms. The summed E-state index contributed by atoms with van der Waals surface area (Å²) in [5.41, 5.74) is -0.759. The van der Waals surface area contributed by atoms with Crippen LogP contribution in [0, 0.1) is 0 Å². The molecule has 1 atom stereocenters. The molecular formula is C12H22N4O2. The molecule has 2 aliphatic rings. The third-order valence-electron chi connectivity index (χ3n) is 3.78. The standard InChI is InChI=1S/C12H22N4O2/c1-12(2)10(17)16(11(18)14-12)7-6-15(3)9-4-5-13-8-9/h9,13H,4-8H2,1-3H3,(H,14,18). The van der Waals surface area contributed by atoms with Gasteiger partial charge in [-0.15, -0.1) is 0 Å². The molecule has 102 valence electrons. The Balaban J connectivity index is 1.86. The van der Waals surface area contributed by atoms with E-state index >= 15 is 0 Å². The van der Waals surface area contributed by atoms with Gasteiger partial charge in [-0.1, -0.05) is 0 Å². The molecule has 0 aromatic heterocycles. The zero-order valence-electron chi connectivity index (χ0n) is 11.3. The van der Waals surface area contributed by atoms with E-state index < -0.39 is 5.54 Å². The van der Waals surface area contributed by atoms with Gasteiger partial charge in [0.15, 0.2) is 0 Å². The van der Waals surface area contributed by atoms with Gasteiger partial charge < -0.3 is 15.5 Å². The van der Waals surface area contributed by atoms with Gasteiger partial charge in [-0.3, -0.25) is 9.69 Å². The number of imide groups is 1. The number of amides is 3. The first-order chi connectivity index (χ1) is 8.42. The second kappa shape index (κ2) is 4.85. The summed E-state index contributed by atoms with van der Waals surface area (Å²) in [6, 6.07) is 0.238. The van der Waals surface area contributed by atoms with Gasteiger partial charge in [0.25, 0.3) is 5.91 Å². The number of carbonyl (C=O) groups excluding carboxylic acids is 2. The van der Waals surface area contributed by atoms with Crippen LogP contribution in [-0.2, 0) is 4.79 Å². The Hall–Kier alpha value is -1.14. The highest BCUT2D eigenvalue weighted by Gasteiger charge is 2.44. The lowest BCUT2D eigenvalue weighted by Crippen LogP contribution is -2.43. The lowest BCUT2D eigenvalue weighted by Gasteiger charge is -2.25. The summed E-state index contributed by atoms with van der Waals surface area (Å²) in [6.45, 7) is 6.69. The lowest BCUT2D eigenvalue weighted by atomic mass is 10.1. The molecule has 0 aromatic carbocycles. The maximum absolute atomic E-state index is 12.0. The van der Waals surface area contributed by atoms with Crippen molar-refractivity contribution in [2.24, 2.45) is 0 Å². The summed E-state index contributed by atoms with van der Waals surface area (Å²) in [4.78, 5) is 27.2. The molecule has 2 N–H and O–H groups in total. The van der Waals surface area contributed by atoms with E-state index in [2.05, 4.69) is 15.5 Å². The van der Waals surface area contributed by atoms with Crippen molar-refractivity contribution in [1.82, 2.24) is 20.4 Å². The topological polar surface area (TPSA) is 64.7 Å². The van der Waals surface area contributed by atoms with Gasteiger partial charge in [-0.2, -0.15) is 0 Å². The number of rotatable bonds is 4. The van der Waals surface area contributed by atoms with Crippen LogP contribution < -0.4 is 10.6 Å². The maximum Gasteiger partial charge on any atom is 0.325 e. The molecule has 2 rings (SSSR count). The van der Waals surface area contributed by atoms with Crippen LogP contribution in [0.1, 0.15) is 20.3 Å². The Morgan fingerprint density at radius 2 is 2.17 bits per heavy atom. The molecule has 0 spiro atoms. The van der Waals surface area contributed by atoms with Crippen molar-refractivity contribution in [3.8, 4) is 0 Å². The van der Waals surface area contributed by atoms with Gasteiger partial charge in [0, 0.05) is 25.7 Å². The Morgan fingerprint density at radius 3 is 2.67 bits per heavy atom. The average Bonchev–Trinajstić information content (AvgIpc) is 2.86. The van der Waals surface area contributed by atoms with Crippen LogP contribution in [-0.4, -0.2) is 66.5 Å². The number of hydrogen-bond acceptors (Lipinski definition) is 4. The van der Waals surface area contributed by atoms with Crippen LogP contribution in [0.3, 0.4) is 0 Å². The maximum atomic E-state index is 12.0. The van der Waals surface area contributed by atoms with E-state index in [-0.39, 0.29) is 11.9 Å². The molecule has 6 heteroatoms. The van der Waals surface area contributed by atoms with Crippen LogP contribution in [0.2, 0.25) is 0 Å². The second-order valence-electron chi connectivity index (χ2n) is 5.64. The molecule has 18 heavy (non-hydrogen) atoms. The Kier molecular flexibility index (Phi) is 3.59. The highest BCUT2D eigenvalue weighted by atomic mass is 16.2. The van der Waals surface area contributed by atoms with E-state index in [0.29, 0.717) is 12.6 Å². The molecule has 2 aliphatic heterocycles. The van der Waals surface area contributed by atoms with Crippen LogP contribution in [0.15, 0.2) is 0 Å². The summed E-state index contributed by atoms with van der Waals surface area (Å²) in [5.74, 6) is -0.134. The first kappa shape index (κ1) is 13.3. The van der Waals surface area contributed by atoms with Gasteiger partial charge in [-0.25, -0.2) is 4.79 Å². The van der Waals surface area contributed by atoms with Crippen molar-refractivity contribution in [2.75, 3.05) is 33.2 Å². The smallest absolute Gasteiger partial charge is 0.324 e. The van der Waals surface area contributed by atoms with Gasteiger partial charge in [0.2, 0.25) is 0 Å². The summed E-state index contributed by atoms with van der Waals surface area (Å²) in [6.07, 6.45) is 1.13. The number of urea groups is 1. The molecule has 1 unspecified atom stereocenters. The number of hydrogen-bond donors (Lipinski definition) is 2. The average molecular weight is 254 g/mol. The van der Waals surface area contributed by atoms with E-state index in [1.807, 2.05) is 7.05 Å². The van der Waals surface area contributed by atoms with E-state index in [1.54, 1.807) is 13.8 Å². The van der Waals surface area contributed by atoms with Crippen LogP contribution in [0.25, 0.3) is 0 Å². The first-order valence-electron chi connectivity index (χ1n) is 6.47. The highest BCUT2D eigenvalue weighted by molar-refractivity contribution is 6.06. The third-order valence-corrected chi connectivity index (χ3v) is 3.78. The molecule has 6 nitrogen and oxygen atoms in total. The molecule has 3 amide bonds. The van der Waals surface area contributed by atoms with Crippen molar-refractivity contribution in [2.45, 2.75) is 31.8 Å². The summed E-state index contributed by atoms with van der Waals surface area (Å²) in [5, 5.41) is 6.00. The quantitative estimate of drug-likeness (QED) is 0.671. The fourth-order valence-corrected chi connectivity index (χ4v) is 2.48. The van der Waals surface area contributed by atoms with E-state index in [9.17, 15) is 9.59 Å². The molecular weight excluding hydrogens is 232 g/mol. The Bertz CT molecular complexity index is 350. The predicted molar refractivity (Wildman–Crippen MR) is 68.2 cm³/mol. The molecule has 2 heterocycles. The molecule has 0 aliphatic carbocycles. The van der Waals surface area contributed by atoms with Gasteiger partial charge in [0.05, 0.1) is 0 Å². The summed E-state index contributed by atoms with van der Waals surface area (Å²) < 4.78 is 0. The monoisotopic (exact) mass is 254 g/mol. The Labute approximate surface area is 108 Å². The SMILES string of the molecule is CN(CCN1C(=O)NC(C)(C)C1=O)C1CCNC1. The van der Waals surface area contributed by atoms with Gasteiger partial charge >= 0.3 is 6.03 Å². The van der Waals surface area contributed by atoms with Crippen molar-refractivity contribution in [3.05, 3.63) is 0 Å². The molecule has 0 saturated carbocycles. The molecule has 2 saturated heterocycles. The van der Waals surface area contributed by atoms with Gasteiger partial charge in [0.1, 0.15) is 5.54 Å². The summed E-state index contributed by atoms with van der Waals surface area (Å²) in [7, 11) is 2.04. The normalized spacial score (nSPS) is 27.1. The second-order valence-corrected chi connectivity index (χ2v) is 5.64. The highest BCUT2D eigenvalue weighted by Crippen LogP contribution is 2.16. The zero-order valence-corrected chi connectivity index (χ0v) is 11.3. The Morgan fingerprint density at radius 1 is 1.44 bits per heavy atom. The summed E-state index contributed by atoms with van der Waals surface area (Å²) >= 11 is 0. The first-order valence-corrected chi connectivity index (χ1v) is 6.47. The molecule has 0 aromatic rings. The minimum absolute atomic E-state index is 0.134. The van der Waals surface area contributed by atoms with Crippen molar-refractivity contribution >= 4 is 11.9 Å². The number of nitrogens with zero attached hydrogens (tertiary/aromatic N) is 2. The number of nitrogens with one attached hydrogen (secondary N) is 2. The van der Waals surface area contributed by atoms with E-state index in [1.165, 1.54) is 4.90 Å². The predicted octanol–water partition coefficient (Wildman–Crippen LogP) is -0.389. The van der Waals surface area contributed by atoms with Crippen molar-refractivity contribution in [1.29, 1.82) is 0 Å². The fraction of sp³-hybridized carbons (Fsp3) is 0.833. The van der Waals surface area contributed by atoms with Crippen LogP contribution in [0.4, 0.5) is 4.79 Å². The zero-order chi connectivity index (χ0) is 13.3. The minimum atomic E-state index is -0.759.